The van der Waals surface area contributed by atoms with Gasteiger partial charge in [-0.2, -0.15) is 0 Å². The molecule has 0 radical (unpaired) electrons. The molecule has 1 atom stereocenters. The normalized spacial score (nSPS) is 16.7. The first-order valence-corrected chi connectivity index (χ1v) is 9.08. The van der Waals surface area contributed by atoms with Gasteiger partial charge in [0, 0.05) is 11.3 Å². The van der Waals surface area contributed by atoms with Crippen molar-refractivity contribution < 1.29 is 9.53 Å². The number of carbonyl (C=O) groups is 1. The molecule has 2 aromatic rings. The van der Waals surface area contributed by atoms with Gasteiger partial charge in [-0.15, -0.1) is 11.3 Å². The van der Waals surface area contributed by atoms with Crippen LogP contribution in [0.4, 0.5) is 5.13 Å². The minimum atomic E-state index is -0.556. The molecule has 0 spiro atoms. The van der Waals surface area contributed by atoms with E-state index in [9.17, 15) is 4.79 Å². The number of hydrogen-bond acceptors (Lipinski definition) is 4. The zero-order valence-corrected chi connectivity index (χ0v) is 14.1. The van der Waals surface area contributed by atoms with Crippen LogP contribution in [-0.4, -0.2) is 17.0 Å². The minimum absolute atomic E-state index is 0.168. The van der Waals surface area contributed by atoms with Gasteiger partial charge in [-0.05, 0) is 31.9 Å². The summed E-state index contributed by atoms with van der Waals surface area (Å²) in [5, 5.41) is 5.61. The Morgan fingerprint density at radius 1 is 1.26 bits per heavy atom. The van der Waals surface area contributed by atoms with Crippen molar-refractivity contribution >= 4 is 22.4 Å². The second-order valence-corrected chi connectivity index (χ2v) is 6.83. The van der Waals surface area contributed by atoms with Gasteiger partial charge in [0.1, 0.15) is 5.75 Å². The van der Waals surface area contributed by atoms with E-state index in [0.717, 1.165) is 5.69 Å². The number of carbonyl (C=O) groups excluding carboxylic acids is 1. The van der Waals surface area contributed by atoms with E-state index in [1.807, 2.05) is 30.3 Å². The zero-order valence-electron chi connectivity index (χ0n) is 13.3. The van der Waals surface area contributed by atoms with Crippen molar-refractivity contribution in [2.45, 2.75) is 51.0 Å². The second-order valence-electron chi connectivity index (χ2n) is 5.97. The molecule has 1 saturated carbocycles. The van der Waals surface area contributed by atoms with Crippen LogP contribution in [0.25, 0.3) is 0 Å². The number of ether oxygens (including phenoxy) is 1. The van der Waals surface area contributed by atoms with Crippen LogP contribution in [0.2, 0.25) is 0 Å². The number of anilines is 1. The Morgan fingerprint density at radius 2 is 2.00 bits per heavy atom. The van der Waals surface area contributed by atoms with Gasteiger partial charge in [-0.25, -0.2) is 4.98 Å². The van der Waals surface area contributed by atoms with Gasteiger partial charge in [-0.1, -0.05) is 37.5 Å². The summed E-state index contributed by atoms with van der Waals surface area (Å²) in [7, 11) is 0. The monoisotopic (exact) mass is 330 g/mol. The van der Waals surface area contributed by atoms with E-state index in [0.29, 0.717) is 16.8 Å². The SMILES string of the molecule is C[C@@H](Oc1ccccc1)C(=O)Nc1nc(C2CCCCC2)cs1. The van der Waals surface area contributed by atoms with Crippen LogP contribution < -0.4 is 10.1 Å². The summed E-state index contributed by atoms with van der Waals surface area (Å²) in [6.45, 7) is 1.75. The Kier molecular flexibility index (Phi) is 5.28. The van der Waals surface area contributed by atoms with Gasteiger partial charge in [0.15, 0.2) is 11.2 Å². The molecule has 0 saturated heterocycles. The van der Waals surface area contributed by atoms with E-state index in [2.05, 4.69) is 15.7 Å². The van der Waals surface area contributed by atoms with Crippen LogP contribution in [0.3, 0.4) is 0 Å². The number of aromatic nitrogens is 1. The molecule has 122 valence electrons. The van der Waals surface area contributed by atoms with Crippen molar-refractivity contribution in [3.8, 4) is 5.75 Å². The highest BCUT2D eigenvalue weighted by Gasteiger charge is 2.20. The average Bonchev–Trinajstić information content (AvgIpc) is 3.05. The van der Waals surface area contributed by atoms with Crippen LogP contribution in [0, 0.1) is 0 Å². The van der Waals surface area contributed by atoms with Gasteiger partial charge in [0.2, 0.25) is 0 Å². The molecule has 0 aliphatic heterocycles. The predicted molar refractivity (Wildman–Crippen MR) is 93.1 cm³/mol. The van der Waals surface area contributed by atoms with Crippen LogP contribution in [-0.2, 0) is 4.79 Å². The highest BCUT2D eigenvalue weighted by Crippen LogP contribution is 2.34. The molecule has 1 amide bonds. The summed E-state index contributed by atoms with van der Waals surface area (Å²) in [6, 6.07) is 9.37. The first kappa shape index (κ1) is 16.0. The van der Waals surface area contributed by atoms with Crippen molar-refractivity contribution in [3.63, 3.8) is 0 Å². The Labute approximate surface area is 140 Å². The highest BCUT2D eigenvalue weighted by atomic mass is 32.1. The molecule has 1 N–H and O–H groups in total. The summed E-state index contributed by atoms with van der Waals surface area (Å²) in [5.41, 5.74) is 1.13. The van der Waals surface area contributed by atoms with E-state index < -0.39 is 6.10 Å². The topological polar surface area (TPSA) is 51.2 Å². The predicted octanol–water partition coefficient (Wildman–Crippen LogP) is 4.60. The fourth-order valence-electron chi connectivity index (χ4n) is 2.89. The fourth-order valence-corrected chi connectivity index (χ4v) is 3.69. The maximum Gasteiger partial charge on any atom is 0.266 e. The van der Waals surface area contributed by atoms with E-state index in [1.165, 1.54) is 43.4 Å². The molecule has 1 heterocycles. The number of nitrogens with zero attached hydrogens (tertiary/aromatic N) is 1. The van der Waals surface area contributed by atoms with Gasteiger partial charge in [0.05, 0.1) is 5.69 Å². The third-order valence-electron chi connectivity index (χ3n) is 4.20. The third kappa shape index (κ3) is 4.32. The molecule has 3 rings (SSSR count). The molecule has 1 aromatic heterocycles. The Balaban J connectivity index is 1.56. The van der Waals surface area contributed by atoms with Gasteiger partial charge in [-0.3, -0.25) is 10.1 Å². The van der Waals surface area contributed by atoms with Crippen LogP contribution in [0.5, 0.6) is 5.75 Å². The summed E-state index contributed by atoms with van der Waals surface area (Å²) in [6.07, 6.45) is 5.77. The van der Waals surface area contributed by atoms with E-state index in [4.69, 9.17) is 4.74 Å². The lowest BCUT2D eigenvalue weighted by atomic mass is 9.87. The van der Waals surface area contributed by atoms with Crippen LogP contribution in [0.15, 0.2) is 35.7 Å². The largest absolute Gasteiger partial charge is 0.481 e. The minimum Gasteiger partial charge on any atom is -0.481 e. The first-order valence-electron chi connectivity index (χ1n) is 8.20. The van der Waals surface area contributed by atoms with E-state index >= 15 is 0 Å². The average molecular weight is 330 g/mol. The van der Waals surface area contributed by atoms with Crippen molar-refractivity contribution in [2.24, 2.45) is 0 Å². The quantitative estimate of drug-likeness (QED) is 0.872. The third-order valence-corrected chi connectivity index (χ3v) is 4.98. The smallest absolute Gasteiger partial charge is 0.266 e. The molecular formula is C18H22N2O2S. The first-order chi connectivity index (χ1) is 11.2. The maximum atomic E-state index is 12.2. The molecular weight excluding hydrogens is 308 g/mol. The van der Waals surface area contributed by atoms with E-state index in [-0.39, 0.29) is 5.91 Å². The number of para-hydroxylation sites is 1. The Hall–Kier alpha value is -1.88. The molecule has 1 aliphatic rings. The van der Waals surface area contributed by atoms with Crippen LogP contribution >= 0.6 is 11.3 Å². The lowest BCUT2D eigenvalue weighted by Gasteiger charge is -2.19. The maximum absolute atomic E-state index is 12.2. The summed E-state index contributed by atoms with van der Waals surface area (Å²) in [4.78, 5) is 16.8. The Morgan fingerprint density at radius 3 is 2.74 bits per heavy atom. The van der Waals surface area contributed by atoms with Gasteiger partial charge >= 0.3 is 0 Å². The molecule has 4 nitrogen and oxygen atoms in total. The molecule has 23 heavy (non-hydrogen) atoms. The number of hydrogen-bond donors (Lipinski definition) is 1. The number of nitrogens with one attached hydrogen (secondary N) is 1. The summed E-state index contributed by atoms with van der Waals surface area (Å²) < 4.78 is 5.64. The lowest BCUT2D eigenvalue weighted by Crippen LogP contribution is -2.30. The molecule has 0 unspecified atom stereocenters. The van der Waals surface area contributed by atoms with Gasteiger partial charge < -0.3 is 4.74 Å². The zero-order chi connectivity index (χ0) is 16.1. The second kappa shape index (κ2) is 7.59. The molecule has 1 aliphatic carbocycles. The summed E-state index contributed by atoms with van der Waals surface area (Å²) in [5.74, 6) is 1.08. The highest BCUT2D eigenvalue weighted by molar-refractivity contribution is 7.13. The lowest BCUT2D eigenvalue weighted by molar-refractivity contribution is -0.122. The molecule has 1 fully saturated rings. The number of benzene rings is 1. The summed E-state index contributed by atoms with van der Waals surface area (Å²) >= 11 is 1.50. The van der Waals surface area contributed by atoms with Crippen molar-refractivity contribution in [1.82, 2.24) is 4.98 Å². The molecule has 1 aromatic carbocycles. The van der Waals surface area contributed by atoms with Gasteiger partial charge in [0.25, 0.3) is 5.91 Å². The fraction of sp³-hybridized carbons (Fsp3) is 0.444. The molecule has 0 bridgehead atoms. The number of rotatable bonds is 5. The number of thiazole rings is 1. The van der Waals surface area contributed by atoms with Crippen molar-refractivity contribution in [2.75, 3.05) is 5.32 Å². The standard InChI is InChI=1S/C18H22N2O2S/c1-13(22-15-10-6-3-7-11-15)17(21)20-18-19-16(12-23-18)14-8-4-2-5-9-14/h3,6-7,10-14H,2,4-5,8-9H2,1H3,(H,19,20,21)/t13-/m1/s1. The Bertz CT molecular complexity index is 635. The van der Waals surface area contributed by atoms with Crippen molar-refractivity contribution in [3.05, 3.63) is 41.4 Å². The van der Waals surface area contributed by atoms with Crippen LogP contribution in [0.1, 0.15) is 50.6 Å². The van der Waals surface area contributed by atoms with Crippen molar-refractivity contribution in [1.29, 1.82) is 0 Å². The van der Waals surface area contributed by atoms with E-state index in [1.54, 1.807) is 6.92 Å². The molecule has 5 heteroatoms. The number of amides is 1.